The first-order chi connectivity index (χ1) is 4.88. The van der Waals surface area contributed by atoms with Gasteiger partial charge in [0, 0.05) is 0 Å². The average Bonchev–Trinajstić information content (AvgIpc) is 2.34. The molecule has 1 aromatic heterocycles. The Hall–Kier alpha value is -1.10. The van der Waals surface area contributed by atoms with Crippen molar-refractivity contribution in [1.29, 1.82) is 0 Å². The molecule has 0 saturated heterocycles. The van der Waals surface area contributed by atoms with Crippen LogP contribution in [0.4, 0.5) is 5.00 Å². The summed E-state index contributed by atoms with van der Waals surface area (Å²) in [5.74, 6) is 0. The molecular formula is C5H5N3OS. The van der Waals surface area contributed by atoms with Gasteiger partial charge in [0.05, 0.1) is 18.4 Å². The zero-order valence-electron chi connectivity index (χ0n) is 5.05. The second kappa shape index (κ2) is 1.95. The van der Waals surface area contributed by atoms with Crippen molar-refractivity contribution in [2.45, 2.75) is 6.54 Å². The maximum atomic E-state index is 10.9. The molecule has 2 heterocycles. The molecule has 1 aromatic rings. The number of aromatic nitrogens is 1. The Morgan fingerprint density at radius 3 is 3.40 bits per heavy atom. The van der Waals surface area contributed by atoms with Gasteiger partial charge in [-0.2, -0.15) is 0 Å². The standard InChI is InChI=1S/C5H5N3OS/c9-4-3-1-6-2-7-5(3)10-8-4/h2H,1H2,(H,6,7)(H,8,9). The van der Waals surface area contributed by atoms with Crippen LogP contribution >= 0.6 is 11.5 Å². The number of aliphatic imine (C=N–C) groups is 1. The van der Waals surface area contributed by atoms with Gasteiger partial charge in [-0.15, -0.1) is 0 Å². The molecule has 0 aromatic carbocycles. The Balaban J connectivity index is 2.61. The highest BCUT2D eigenvalue weighted by atomic mass is 32.1. The summed E-state index contributed by atoms with van der Waals surface area (Å²) in [5.41, 5.74) is 0.719. The quantitative estimate of drug-likeness (QED) is 0.569. The van der Waals surface area contributed by atoms with Crippen LogP contribution in [0.25, 0.3) is 0 Å². The van der Waals surface area contributed by atoms with E-state index in [9.17, 15) is 4.79 Å². The van der Waals surface area contributed by atoms with E-state index < -0.39 is 0 Å². The molecule has 2 N–H and O–H groups in total. The molecule has 0 bridgehead atoms. The Labute approximate surface area is 60.8 Å². The number of aromatic amines is 1. The summed E-state index contributed by atoms with van der Waals surface area (Å²) in [5, 5.41) is 3.77. The van der Waals surface area contributed by atoms with Crippen LogP contribution in [-0.4, -0.2) is 10.7 Å². The van der Waals surface area contributed by atoms with Crippen LogP contribution in [0.5, 0.6) is 0 Å². The van der Waals surface area contributed by atoms with Gasteiger partial charge in [0.25, 0.3) is 5.56 Å². The number of anilines is 1. The zero-order chi connectivity index (χ0) is 6.97. The Morgan fingerprint density at radius 1 is 1.70 bits per heavy atom. The predicted octanol–water partition coefficient (Wildman–Crippen LogP) is 0.390. The third kappa shape index (κ3) is 0.672. The first-order valence-corrected chi connectivity index (χ1v) is 3.65. The normalized spacial score (nSPS) is 14.4. The van der Waals surface area contributed by atoms with Crippen molar-refractivity contribution < 1.29 is 0 Å². The predicted molar refractivity (Wildman–Crippen MR) is 40.8 cm³/mol. The monoisotopic (exact) mass is 155 g/mol. The van der Waals surface area contributed by atoms with Crippen molar-refractivity contribution in [3.63, 3.8) is 0 Å². The number of H-pyrrole nitrogens is 1. The third-order valence-corrected chi connectivity index (χ3v) is 2.19. The van der Waals surface area contributed by atoms with E-state index in [1.54, 1.807) is 6.34 Å². The fourth-order valence-electron chi connectivity index (χ4n) is 0.825. The average molecular weight is 155 g/mol. The molecule has 0 spiro atoms. The van der Waals surface area contributed by atoms with Gasteiger partial charge in [0.2, 0.25) is 0 Å². The highest BCUT2D eigenvalue weighted by Gasteiger charge is 2.10. The molecule has 1 aliphatic rings. The zero-order valence-corrected chi connectivity index (χ0v) is 5.86. The highest BCUT2D eigenvalue weighted by Crippen LogP contribution is 2.18. The molecule has 0 amide bonds. The first-order valence-electron chi connectivity index (χ1n) is 2.83. The number of hydrogen-bond acceptors (Lipinski definition) is 4. The largest absolute Gasteiger partial charge is 0.337 e. The Bertz CT molecular complexity index is 324. The van der Waals surface area contributed by atoms with Crippen LogP contribution in [0.3, 0.4) is 0 Å². The maximum absolute atomic E-state index is 10.9. The van der Waals surface area contributed by atoms with E-state index in [2.05, 4.69) is 14.7 Å². The number of rotatable bonds is 0. The molecular weight excluding hydrogens is 150 g/mol. The number of nitrogens with one attached hydrogen (secondary N) is 2. The molecule has 0 aliphatic carbocycles. The number of nitrogens with zero attached hydrogens (tertiary/aromatic N) is 1. The van der Waals surface area contributed by atoms with Crippen LogP contribution in [0.1, 0.15) is 5.56 Å². The number of fused-ring (bicyclic) bond motifs is 1. The molecule has 0 radical (unpaired) electrons. The van der Waals surface area contributed by atoms with Gasteiger partial charge in [-0.05, 0) is 11.5 Å². The van der Waals surface area contributed by atoms with Gasteiger partial charge < -0.3 is 5.32 Å². The van der Waals surface area contributed by atoms with Crippen molar-refractivity contribution in [3.8, 4) is 0 Å². The van der Waals surface area contributed by atoms with Crippen LogP contribution in [0.15, 0.2) is 9.79 Å². The summed E-state index contributed by atoms with van der Waals surface area (Å²) >= 11 is 1.31. The summed E-state index contributed by atoms with van der Waals surface area (Å²) in [6, 6.07) is 0. The minimum Gasteiger partial charge on any atom is -0.337 e. The highest BCUT2D eigenvalue weighted by molar-refractivity contribution is 7.10. The van der Waals surface area contributed by atoms with Crippen molar-refractivity contribution in [2.75, 3.05) is 5.32 Å². The van der Waals surface area contributed by atoms with E-state index in [0.717, 1.165) is 10.6 Å². The lowest BCUT2D eigenvalue weighted by Crippen LogP contribution is -2.10. The molecule has 1 aliphatic heterocycles. The van der Waals surface area contributed by atoms with Crippen LogP contribution in [0.2, 0.25) is 0 Å². The summed E-state index contributed by atoms with van der Waals surface area (Å²) in [4.78, 5) is 14.8. The Kier molecular flexibility index (Phi) is 1.10. The summed E-state index contributed by atoms with van der Waals surface area (Å²) in [7, 11) is 0. The molecule has 52 valence electrons. The van der Waals surface area contributed by atoms with Crippen molar-refractivity contribution >= 4 is 22.9 Å². The van der Waals surface area contributed by atoms with E-state index >= 15 is 0 Å². The van der Waals surface area contributed by atoms with Crippen molar-refractivity contribution in [3.05, 3.63) is 15.9 Å². The lowest BCUT2D eigenvalue weighted by atomic mass is 10.3. The molecule has 5 heteroatoms. The summed E-state index contributed by atoms with van der Waals surface area (Å²) in [6.07, 6.45) is 1.60. The van der Waals surface area contributed by atoms with E-state index in [0.29, 0.717) is 6.54 Å². The molecule has 0 unspecified atom stereocenters. The van der Waals surface area contributed by atoms with Gasteiger partial charge in [-0.25, -0.2) is 0 Å². The van der Waals surface area contributed by atoms with Crippen molar-refractivity contribution in [2.24, 2.45) is 4.99 Å². The van der Waals surface area contributed by atoms with Crippen LogP contribution in [0, 0.1) is 0 Å². The van der Waals surface area contributed by atoms with E-state index in [-0.39, 0.29) is 5.56 Å². The lowest BCUT2D eigenvalue weighted by molar-refractivity contribution is 1.04. The number of hydrogen-bond donors (Lipinski definition) is 2. The molecule has 0 saturated carbocycles. The summed E-state index contributed by atoms with van der Waals surface area (Å²) in [6.45, 7) is 0.501. The van der Waals surface area contributed by atoms with Gasteiger partial charge in [0.15, 0.2) is 0 Å². The molecule has 2 rings (SSSR count). The Morgan fingerprint density at radius 2 is 2.60 bits per heavy atom. The third-order valence-electron chi connectivity index (χ3n) is 1.33. The topological polar surface area (TPSA) is 57.2 Å². The second-order valence-electron chi connectivity index (χ2n) is 1.96. The SMILES string of the molecule is O=c1[nH]sc2c1CN=CN2. The minimum absolute atomic E-state index is 0.0237. The van der Waals surface area contributed by atoms with Crippen LogP contribution in [-0.2, 0) is 6.54 Å². The second-order valence-corrected chi connectivity index (χ2v) is 2.77. The van der Waals surface area contributed by atoms with E-state index in [1.165, 1.54) is 11.5 Å². The fourth-order valence-corrected chi connectivity index (χ4v) is 1.54. The van der Waals surface area contributed by atoms with E-state index in [1.807, 2.05) is 0 Å². The van der Waals surface area contributed by atoms with Gasteiger partial charge in [0.1, 0.15) is 5.00 Å². The molecule has 0 atom stereocenters. The van der Waals surface area contributed by atoms with Gasteiger partial charge >= 0.3 is 0 Å². The minimum atomic E-state index is -0.0237. The fraction of sp³-hybridized carbons (Fsp3) is 0.200. The van der Waals surface area contributed by atoms with Gasteiger partial charge in [-0.1, -0.05) is 0 Å². The smallest absolute Gasteiger partial charge is 0.265 e. The maximum Gasteiger partial charge on any atom is 0.265 e. The van der Waals surface area contributed by atoms with Gasteiger partial charge in [-0.3, -0.25) is 14.2 Å². The van der Waals surface area contributed by atoms with Crippen LogP contribution < -0.4 is 10.9 Å². The van der Waals surface area contributed by atoms with E-state index in [4.69, 9.17) is 0 Å². The first kappa shape index (κ1) is 5.67. The molecule has 0 fully saturated rings. The molecule has 10 heavy (non-hydrogen) atoms. The van der Waals surface area contributed by atoms with Crippen molar-refractivity contribution in [1.82, 2.24) is 4.37 Å². The molecule has 4 nitrogen and oxygen atoms in total. The lowest BCUT2D eigenvalue weighted by Gasteiger charge is -2.02. The summed E-state index contributed by atoms with van der Waals surface area (Å²) < 4.78 is 2.62.